The van der Waals surface area contributed by atoms with E-state index in [1.165, 1.54) is 25.6 Å². The Bertz CT molecular complexity index is 1110. The summed E-state index contributed by atoms with van der Waals surface area (Å²) in [5, 5.41) is 13.3. The molecule has 0 aliphatic carbocycles. The lowest BCUT2D eigenvalue weighted by Crippen LogP contribution is -2.48. The number of nitrogens with zero attached hydrogens (tertiary/aromatic N) is 2. The Hall–Kier alpha value is -3.53. The highest BCUT2D eigenvalue weighted by Crippen LogP contribution is 2.46. The van der Waals surface area contributed by atoms with Crippen LogP contribution in [0.3, 0.4) is 0 Å². The number of aliphatic hydroxyl groups is 1. The molecule has 0 spiro atoms. The molecule has 1 aromatic heterocycles. The van der Waals surface area contributed by atoms with Crippen LogP contribution in [0.5, 0.6) is 11.5 Å². The highest BCUT2D eigenvalue weighted by Gasteiger charge is 2.50. The summed E-state index contributed by atoms with van der Waals surface area (Å²) >= 11 is 1.40. The number of benzene rings is 1. The molecule has 2 saturated heterocycles. The number of piperidine rings is 1. The van der Waals surface area contributed by atoms with Gasteiger partial charge in [0.2, 0.25) is 0 Å². The number of carbonyl (C=O) groups is 3. The molecule has 2 aliphatic rings. The van der Waals surface area contributed by atoms with Crippen molar-refractivity contribution in [3.8, 4) is 11.5 Å². The predicted octanol–water partition coefficient (Wildman–Crippen LogP) is 3.81. The summed E-state index contributed by atoms with van der Waals surface area (Å²) in [7, 11) is 2.91. The van der Waals surface area contributed by atoms with Crippen molar-refractivity contribution in [2.45, 2.75) is 31.8 Å². The molecular weight excluding hydrogens is 472 g/mol. The van der Waals surface area contributed by atoms with Gasteiger partial charge in [0, 0.05) is 24.0 Å². The van der Waals surface area contributed by atoms with Crippen molar-refractivity contribution in [1.29, 1.82) is 0 Å². The van der Waals surface area contributed by atoms with Crippen LogP contribution < -0.4 is 9.47 Å². The number of amides is 2. The maximum Gasteiger partial charge on any atom is 0.409 e. The van der Waals surface area contributed by atoms with E-state index in [0.29, 0.717) is 37.4 Å². The third-order valence-corrected chi connectivity index (χ3v) is 7.27. The van der Waals surface area contributed by atoms with E-state index in [4.69, 9.17) is 14.2 Å². The van der Waals surface area contributed by atoms with E-state index in [0.717, 1.165) is 4.88 Å². The van der Waals surface area contributed by atoms with Crippen LogP contribution >= 0.6 is 11.3 Å². The van der Waals surface area contributed by atoms with Crippen LogP contribution in [0.4, 0.5) is 4.79 Å². The average molecular weight is 501 g/mol. The number of methoxy groups -OCH3 is 2. The van der Waals surface area contributed by atoms with Crippen molar-refractivity contribution in [1.82, 2.24) is 9.80 Å². The summed E-state index contributed by atoms with van der Waals surface area (Å²) in [6.07, 6.45) is 0.600. The smallest absolute Gasteiger partial charge is 0.409 e. The topological polar surface area (TPSA) is 106 Å². The molecular formula is C25H28N2O7S. The quantitative estimate of drug-likeness (QED) is 0.365. The highest BCUT2D eigenvalue weighted by molar-refractivity contribution is 7.10. The molecule has 1 atom stereocenters. The first-order chi connectivity index (χ1) is 16.9. The van der Waals surface area contributed by atoms with Gasteiger partial charge in [-0.3, -0.25) is 9.59 Å². The number of rotatable bonds is 6. The van der Waals surface area contributed by atoms with Crippen LogP contribution in [0.25, 0.3) is 5.76 Å². The van der Waals surface area contributed by atoms with Gasteiger partial charge in [-0.1, -0.05) is 12.1 Å². The van der Waals surface area contributed by atoms with Crippen LogP contribution in [0.1, 0.15) is 36.2 Å². The zero-order valence-corrected chi connectivity index (χ0v) is 20.7. The SMILES string of the molecule is CCOC(=O)N1CCC(N2C(=O)C(=O)/C(=C(/O)c3c(OC)cccc3OC)C2c2cccs2)CC1. The van der Waals surface area contributed by atoms with Crippen LogP contribution in [-0.4, -0.2) is 72.6 Å². The Morgan fingerprint density at radius 1 is 1.09 bits per heavy atom. The van der Waals surface area contributed by atoms with Gasteiger partial charge < -0.3 is 29.1 Å². The minimum absolute atomic E-state index is 0.00641. The monoisotopic (exact) mass is 500 g/mol. The van der Waals surface area contributed by atoms with Gasteiger partial charge in [-0.05, 0) is 43.3 Å². The molecule has 0 radical (unpaired) electrons. The number of aliphatic hydroxyl groups excluding tert-OH is 1. The van der Waals surface area contributed by atoms with E-state index in [2.05, 4.69) is 0 Å². The molecule has 1 aromatic carbocycles. The molecule has 10 heteroatoms. The number of likely N-dealkylation sites (tertiary alicyclic amines) is 2. The molecule has 2 amide bonds. The molecule has 0 saturated carbocycles. The van der Waals surface area contributed by atoms with Gasteiger partial charge in [-0.2, -0.15) is 0 Å². The summed E-state index contributed by atoms with van der Waals surface area (Å²) in [4.78, 5) is 42.8. The van der Waals surface area contributed by atoms with E-state index >= 15 is 0 Å². The normalized spacial score (nSPS) is 20.3. The second kappa shape index (κ2) is 10.4. The molecule has 2 aromatic rings. The number of hydrogen-bond acceptors (Lipinski definition) is 8. The minimum atomic E-state index is -0.762. The zero-order valence-electron chi connectivity index (χ0n) is 19.9. The van der Waals surface area contributed by atoms with Gasteiger partial charge in [-0.15, -0.1) is 11.3 Å². The number of Topliss-reactive ketones (excluding diaryl/α,β-unsaturated/α-hetero) is 1. The molecule has 186 valence electrons. The summed E-state index contributed by atoms with van der Waals surface area (Å²) in [6.45, 7) is 2.86. The molecule has 2 aliphatic heterocycles. The second-order valence-corrected chi connectivity index (χ2v) is 9.16. The van der Waals surface area contributed by atoms with Gasteiger partial charge in [0.15, 0.2) is 0 Å². The van der Waals surface area contributed by atoms with Gasteiger partial charge in [-0.25, -0.2) is 4.79 Å². The van der Waals surface area contributed by atoms with Crippen molar-refractivity contribution in [3.05, 3.63) is 51.7 Å². The number of ketones is 1. The Labute approximate surface area is 207 Å². The Morgan fingerprint density at radius 3 is 2.29 bits per heavy atom. The van der Waals surface area contributed by atoms with Crippen molar-refractivity contribution >= 4 is 34.9 Å². The third kappa shape index (κ3) is 4.45. The van der Waals surface area contributed by atoms with Crippen LogP contribution in [0.15, 0.2) is 41.3 Å². The van der Waals surface area contributed by atoms with Gasteiger partial charge in [0.1, 0.15) is 22.8 Å². The third-order valence-electron chi connectivity index (χ3n) is 6.34. The molecule has 1 unspecified atom stereocenters. The minimum Gasteiger partial charge on any atom is -0.506 e. The summed E-state index contributed by atoms with van der Waals surface area (Å²) in [6, 6.07) is 7.65. The lowest BCUT2D eigenvalue weighted by molar-refractivity contribution is -0.142. The maximum absolute atomic E-state index is 13.4. The molecule has 3 heterocycles. The first kappa shape index (κ1) is 24.6. The Kier molecular flexibility index (Phi) is 7.30. The summed E-state index contributed by atoms with van der Waals surface area (Å²) in [5.74, 6) is -1.14. The van der Waals surface area contributed by atoms with Crippen LogP contribution in [0.2, 0.25) is 0 Å². The van der Waals surface area contributed by atoms with Gasteiger partial charge in [0.25, 0.3) is 11.7 Å². The zero-order chi connectivity index (χ0) is 25.1. The average Bonchev–Trinajstić information content (AvgIpc) is 3.50. The predicted molar refractivity (Wildman–Crippen MR) is 130 cm³/mol. The fraction of sp³-hybridized carbons (Fsp3) is 0.400. The largest absolute Gasteiger partial charge is 0.506 e. The van der Waals surface area contributed by atoms with Gasteiger partial charge in [0.05, 0.1) is 32.4 Å². The number of ether oxygens (including phenoxy) is 3. The van der Waals surface area contributed by atoms with Gasteiger partial charge >= 0.3 is 6.09 Å². The fourth-order valence-electron chi connectivity index (χ4n) is 4.71. The molecule has 0 bridgehead atoms. The van der Waals surface area contributed by atoms with E-state index in [1.54, 1.807) is 34.9 Å². The molecule has 35 heavy (non-hydrogen) atoms. The fourth-order valence-corrected chi connectivity index (χ4v) is 5.55. The van der Waals surface area contributed by atoms with Crippen LogP contribution in [0, 0.1) is 0 Å². The van der Waals surface area contributed by atoms with E-state index in [1.807, 2.05) is 17.5 Å². The van der Waals surface area contributed by atoms with Crippen molar-refractivity contribution < 1.29 is 33.7 Å². The molecule has 2 fully saturated rings. The molecule has 9 nitrogen and oxygen atoms in total. The van der Waals surface area contributed by atoms with Crippen LogP contribution in [-0.2, 0) is 14.3 Å². The number of thiophene rings is 1. The van der Waals surface area contributed by atoms with E-state index < -0.39 is 17.7 Å². The summed E-state index contributed by atoms with van der Waals surface area (Å²) < 4.78 is 15.9. The molecule has 1 N–H and O–H groups in total. The number of carbonyl (C=O) groups excluding carboxylic acids is 3. The Balaban J connectivity index is 1.76. The first-order valence-electron chi connectivity index (χ1n) is 11.4. The lowest BCUT2D eigenvalue weighted by atomic mass is 9.97. The van der Waals surface area contributed by atoms with Crippen molar-refractivity contribution in [3.63, 3.8) is 0 Å². The maximum atomic E-state index is 13.4. The number of hydrogen-bond donors (Lipinski definition) is 1. The molecule has 4 rings (SSSR count). The highest BCUT2D eigenvalue weighted by atomic mass is 32.1. The first-order valence-corrected chi connectivity index (χ1v) is 12.3. The second-order valence-electron chi connectivity index (χ2n) is 8.18. The van der Waals surface area contributed by atoms with Crippen molar-refractivity contribution in [2.24, 2.45) is 0 Å². The Morgan fingerprint density at radius 2 is 1.74 bits per heavy atom. The lowest BCUT2D eigenvalue weighted by Gasteiger charge is -2.38. The van der Waals surface area contributed by atoms with E-state index in [9.17, 15) is 19.5 Å². The summed E-state index contributed by atoms with van der Waals surface area (Å²) in [5.41, 5.74) is 0.210. The van der Waals surface area contributed by atoms with Crippen molar-refractivity contribution in [2.75, 3.05) is 33.9 Å². The van der Waals surface area contributed by atoms with E-state index in [-0.39, 0.29) is 35.6 Å². The standard InChI is InChI=1S/C25H28N2O7S/c1-4-34-25(31)26-12-10-15(11-13-26)27-21(18-9-6-14-35-18)20(23(29)24(27)30)22(28)19-16(32-2)7-5-8-17(19)33-3/h5-9,14-15,21,28H,4,10-13H2,1-3H3/b22-20+.